The smallest absolute Gasteiger partial charge is 0.429 e. The first-order valence-corrected chi connectivity index (χ1v) is 7.49. The largest absolute Gasteiger partial charge is 0.476 e. The number of hydrogen-bond donors (Lipinski definition) is 0. The third-order valence-electron chi connectivity index (χ3n) is 3.28. The quantitative estimate of drug-likeness (QED) is 0.710. The summed E-state index contributed by atoms with van der Waals surface area (Å²) < 4.78 is 44.8. The van der Waals surface area contributed by atoms with Crippen LogP contribution in [0.5, 0.6) is 5.75 Å². The number of nitrogens with zero attached hydrogens (tertiary/aromatic N) is 2. The Morgan fingerprint density at radius 1 is 1.22 bits per heavy atom. The van der Waals surface area contributed by atoms with E-state index in [0.29, 0.717) is 16.1 Å². The van der Waals surface area contributed by atoms with Gasteiger partial charge in [-0.15, -0.1) is 0 Å². The molecule has 0 spiro atoms. The number of benzene rings is 1. The molecule has 0 saturated carbocycles. The SMILES string of the molecule is FC(F)(F)C1C=Cc2cc(Cl)c(Cn3cnc(Cl)c3Cl)cc2O1. The summed E-state index contributed by atoms with van der Waals surface area (Å²) in [5.41, 5.74) is 1.02. The third kappa shape index (κ3) is 3.29. The van der Waals surface area contributed by atoms with Gasteiger partial charge >= 0.3 is 6.18 Å². The molecule has 0 bridgehead atoms. The van der Waals surface area contributed by atoms with Gasteiger partial charge in [0.2, 0.25) is 6.10 Å². The lowest BCUT2D eigenvalue weighted by molar-refractivity contribution is -0.180. The van der Waals surface area contributed by atoms with Gasteiger partial charge in [-0.05, 0) is 23.8 Å². The average molecular weight is 384 g/mol. The minimum Gasteiger partial charge on any atom is -0.476 e. The molecule has 0 aliphatic carbocycles. The molecule has 3 rings (SSSR count). The molecule has 122 valence electrons. The highest BCUT2D eigenvalue weighted by Crippen LogP contribution is 2.36. The Labute approximate surface area is 144 Å². The Morgan fingerprint density at radius 2 is 1.96 bits per heavy atom. The van der Waals surface area contributed by atoms with Crippen LogP contribution in [0.3, 0.4) is 0 Å². The fourth-order valence-corrected chi connectivity index (χ4v) is 2.68. The molecule has 9 heteroatoms. The van der Waals surface area contributed by atoms with Gasteiger partial charge in [-0.3, -0.25) is 0 Å². The summed E-state index contributed by atoms with van der Waals surface area (Å²) in [5, 5.41) is 0.731. The maximum absolute atomic E-state index is 12.8. The van der Waals surface area contributed by atoms with E-state index in [4.69, 9.17) is 39.5 Å². The number of imidazole rings is 1. The molecule has 0 N–H and O–H groups in total. The van der Waals surface area contributed by atoms with Gasteiger partial charge in [-0.25, -0.2) is 4.98 Å². The van der Waals surface area contributed by atoms with E-state index in [9.17, 15) is 13.2 Å². The molecule has 1 unspecified atom stereocenters. The maximum Gasteiger partial charge on any atom is 0.429 e. The van der Waals surface area contributed by atoms with Crippen LogP contribution >= 0.6 is 34.8 Å². The van der Waals surface area contributed by atoms with Crippen molar-refractivity contribution in [3.05, 3.63) is 51.0 Å². The van der Waals surface area contributed by atoms with Gasteiger partial charge in [-0.1, -0.05) is 40.9 Å². The van der Waals surface area contributed by atoms with Crippen molar-refractivity contribution in [2.45, 2.75) is 18.8 Å². The van der Waals surface area contributed by atoms with Crippen molar-refractivity contribution in [3.8, 4) is 5.75 Å². The molecule has 1 aromatic carbocycles. The van der Waals surface area contributed by atoms with Crippen molar-refractivity contribution in [1.82, 2.24) is 9.55 Å². The molecule has 2 heterocycles. The Kier molecular flexibility index (Phi) is 4.25. The lowest BCUT2D eigenvalue weighted by atomic mass is 10.1. The normalized spacial score (nSPS) is 17.0. The lowest BCUT2D eigenvalue weighted by Crippen LogP contribution is -2.33. The molecule has 3 nitrogen and oxygen atoms in total. The monoisotopic (exact) mass is 382 g/mol. The second kappa shape index (κ2) is 5.92. The summed E-state index contributed by atoms with van der Waals surface area (Å²) in [4.78, 5) is 3.84. The van der Waals surface area contributed by atoms with Crippen LogP contribution in [0.25, 0.3) is 6.08 Å². The van der Waals surface area contributed by atoms with E-state index in [-0.39, 0.29) is 22.6 Å². The van der Waals surface area contributed by atoms with Gasteiger partial charge in [0.15, 0.2) is 5.15 Å². The fourth-order valence-electron chi connectivity index (χ4n) is 2.14. The Hall–Kier alpha value is -1.37. The van der Waals surface area contributed by atoms with Crippen LogP contribution in [0.4, 0.5) is 13.2 Å². The van der Waals surface area contributed by atoms with E-state index in [2.05, 4.69) is 4.98 Å². The summed E-state index contributed by atoms with van der Waals surface area (Å²) >= 11 is 17.9. The first kappa shape index (κ1) is 16.5. The zero-order valence-electron chi connectivity index (χ0n) is 11.2. The minimum atomic E-state index is -4.48. The Balaban J connectivity index is 1.93. The molecule has 0 radical (unpaired) electrons. The highest BCUT2D eigenvalue weighted by Gasteiger charge is 2.41. The van der Waals surface area contributed by atoms with Gasteiger partial charge in [0.05, 0.1) is 12.9 Å². The van der Waals surface area contributed by atoms with Crippen LogP contribution in [0, 0.1) is 0 Å². The number of aromatic nitrogens is 2. The van der Waals surface area contributed by atoms with Crippen molar-refractivity contribution in [3.63, 3.8) is 0 Å². The predicted octanol–water partition coefficient (Wildman–Crippen LogP) is 5.23. The molecular weight excluding hydrogens is 376 g/mol. The summed E-state index contributed by atoms with van der Waals surface area (Å²) in [5.74, 6) is 0.108. The first-order valence-electron chi connectivity index (χ1n) is 6.36. The van der Waals surface area contributed by atoms with Crippen molar-refractivity contribution in [1.29, 1.82) is 0 Å². The zero-order chi connectivity index (χ0) is 16.8. The van der Waals surface area contributed by atoms with E-state index in [1.807, 2.05) is 0 Å². The maximum atomic E-state index is 12.8. The highest BCUT2D eigenvalue weighted by atomic mass is 35.5. The average Bonchev–Trinajstić information content (AvgIpc) is 2.78. The van der Waals surface area contributed by atoms with E-state index in [1.165, 1.54) is 23.0 Å². The highest BCUT2D eigenvalue weighted by molar-refractivity contribution is 6.40. The van der Waals surface area contributed by atoms with Gasteiger partial charge in [0, 0.05) is 10.6 Å². The van der Waals surface area contributed by atoms with E-state index in [1.54, 1.807) is 6.07 Å². The van der Waals surface area contributed by atoms with Gasteiger partial charge in [0.25, 0.3) is 0 Å². The van der Waals surface area contributed by atoms with Crippen LogP contribution in [-0.4, -0.2) is 21.8 Å². The summed E-state index contributed by atoms with van der Waals surface area (Å²) in [6.07, 6.45) is -2.75. The molecule has 23 heavy (non-hydrogen) atoms. The van der Waals surface area contributed by atoms with Gasteiger partial charge in [0.1, 0.15) is 10.9 Å². The Morgan fingerprint density at radius 3 is 2.57 bits per heavy atom. The fraction of sp³-hybridized carbons (Fsp3) is 0.214. The van der Waals surface area contributed by atoms with Crippen LogP contribution in [0.15, 0.2) is 24.5 Å². The standard InChI is InChI=1S/C14H8Cl3F3N2O/c15-9-3-7-1-2-11(14(18,19)20)23-10(7)4-8(9)5-22-6-21-12(16)13(22)17/h1-4,6,11H,5H2. The van der Waals surface area contributed by atoms with E-state index >= 15 is 0 Å². The second-order valence-corrected chi connectivity index (χ2v) is 6.00. The summed E-state index contributed by atoms with van der Waals surface area (Å²) in [7, 11) is 0. The van der Waals surface area contributed by atoms with Gasteiger partial charge < -0.3 is 9.30 Å². The molecule has 0 amide bonds. The molecule has 0 saturated heterocycles. The van der Waals surface area contributed by atoms with Gasteiger partial charge in [-0.2, -0.15) is 13.2 Å². The molecule has 1 aliphatic rings. The number of rotatable bonds is 2. The summed E-state index contributed by atoms with van der Waals surface area (Å²) in [6.45, 7) is 0.203. The molecular formula is C14H8Cl3F3N2O. The molecule has 1 atom stereocenters. The van der Waals surface area contributed by atoms with Crippen LogP contribution in [0.1, 0.15) is 11.1 Å². The zero-order valence-corrected chi connectivity index (χ0v) is 13.5. The van der Waals surface area contributed by atoms with Crippen molar-refractivity contribution in [2.75, 3.05) is 0 Å². The van der Waals surface area contributed by atoms with Crippen LogP contribution < -0.4 is 4.74 Å². The second-order valence-electron chi connectivity index (χ2n) is 4.87. The lowest BCUT2D eigenvalue weighted by Gasteiger charge is -2.24. The molecule has 1 aliphatic heterocycles. The van der Waals surface area contributed by atoms with Crippen molar-refractivity contribution in [2.24, 2.45) is 0 Å². The number of alkyl halides is 3. The van der Waals surface area contributed by atoms with Crippen LogP contribution in [0.2, 0.25) is 15.3 Å². The molecule has 0 fully saturated rings. The molecule has 2 aromatic rings. The van der Waals surface area contributed by atoms with E-state index < -0.39 is 12.3 Å². The first-order chi connectivity index (χ1) is 10.8. The third-order valence-corrected chi connectivity index (χ3v) is 4.40. The molecule has 1 aromatic heterocycles. The van der Waals surface area contributed by atoms with Crippen LogP contribution in [-0.2, 0) is 6.54 Å². The number of ether oxygens (including phenoxy) is 1. The number of halogens is 6. The number of hydrogen-bond acceptors (Lipinski definition) is 2. The van der Waals surface area contributed by atoms with E-state index in [0.717, 1.165) is 6.08 Å². The number of fused-ring (bicyclic) bond motifs is 1. The van der Waals surface area contributed by atoms with Crippen molar-refractivity contribution < 1.29 is 17.9 Å². The predicted molar refractivity (Wildman–Crippen MR) is 82.3 cm³/mol. The topological polar surface area (TPSA) is 27.1 Å². The minimum absolute atomic E-state index is 0.108. The Bertz CT molecular complexity index is 786. The summed E-state index contributed by atoms with van der Waals surface area (Å²) in [6, 6.07) is 3.01. The van der Waals surface area contributed by atoms with Crippen molar-refractivity contribution >= 4 is 40.9 Å².